The summed E-state index contributed by atoms with van der Waals surface area (Å²) in [5.74, 6) is -2.88. The minimum atomic E-state index is -1.79. The Labute approximate surface area is 288 Å². The number of ether oxygens (including phenoxy) is 5. The summed E-state index contributed by atoms with van der Waals surface area (Å²) in [5.41, 5.74) is -4.26. The lowest BCUT2D eigenvalue weighted by Gasteiger charge is -2.70. The van der Waals surface area contributed by atoms with Crippen LogP contribution in [0.25, 0.3) is 0 Å². The van der Waals surface area contributed by atoms with Gasteiger partial charge in [0.1, 0.15) is 17.3 Å². The van der Waals surface area contributed by atoms with Crippen molar-refractivity contribution in [3.63, 3.8) is 0 Å². The highest BCUT2D eigenvalue weighted by Crippen LogP contribution is 2.80. The molecule has 6 aliphatic rings. The number of para-hydroxylation sites is 1. The van der Waals surface area contributed by atoms with Crippen molar-refractivity contribution in [2.45, 2.75) is 95.0 Å². The topological polar surface area (TPSA) is 153 Å². The van der Waals surface area contributed by atoms with Crippen LogP contribution in [0, 0.1) is 40.4 Å². The van der Waals surface area contributed by atoms with Gasteiger partial charge >= 0.3 is 11.9 Å². The number of rotatable bonds is 10. The molecule has 1 spiro atoms. The Morgan fingerprint density at radius 2 is 1.82 bits per heavy atom. The highest BCUT2D eigenvalue weighted by molar-refractivity contribution is 6.00. The fourth-order valence-corrected chi connectivity index (χ4v) is 12.4. The molecule has 1 amide bonds. The van der Waals surface area contributed by atoms with E-state index in [9.17, 15) is 24.6 Å². The van der Waals surface area contributed by atoms with Crippen molar-refractivity contribution in [2.24, 2.45) is 40.4 Å². The zero-order valence-corrected chi connectivity index (χ0v) is 29.6. The van der Waals surface area contributed by atoms with Crippen LogP contribution >= 0.6 is 0 Å². The maximum Gasteiger partial charge on any atom is 0.340 e. The summed E-state index contributed by atoms with van der Waals surface area (Å²) >= 11 is 0. The van der Waals surface area contributed by atoms with Gasteiger partial charge in [0, 0.05) is 69.8 Å². The van der Waals surface area contributed by atoms with Gasteiger partial charge in [-0.2, -0.15) is 0 Å². The quantitative estimate of drug-likeness (QED) is 0.312. The second-order valence-corrected chi connectivity index (χ2v) is 15.8. The van der Waals surface area contributed by atoms with Crippen molar-refractivity contribution < 1.29 is 48.3 Å². The monoisotopic (exact) mass is 684 g/mol. The van der Waals surface area contributed by atoms with Gasteiger partial charge in [0.05, 0.1) is 48.1 Å². The number of esters is 2. The number of nitrogens with zero attached hydrogens (tertiary/aromatic N) is 1. The predicted molar refractivity (Wildman–Crippen MR) is 176 cm³/mol. The lowest BCUT2D eigenvalue weighted by molar-refractivity contribution is -0.319. The van der Waals surface area contributed by atoms with Crippen LogP contribution in [0.4, 0.5) is 5.69 Å². The number of likely N-dealkylation sites (tertiary alicyclic amines) is 1. The Bertz CT molecular complexity index is 1500. The number of anilines is 1. The summed E-state index contributed by atoms with van der Waals surface area (Å²) in [4.78, 5) is 41.2. The van der Waals surface area contributed by atoms with Gasteiger partial charge < -0.3 is 39.2 Å². The Morgan fingerprint density at radius 3 is 2.45 bits per heavy atom. The number of carbonyl (C=O) groups is 3. The number of methoxy groups -OCH3 is 3. The molecule has 7 bridgehead atoms. The van der Waals surface area contributed by atoms with Crippen LogP contribution in [0.3, 0.4) is 0 Å². The van der Waals surface area contributed by atoms with Gasteiger partial charge in [-0.25, -0.2) is 4.79 Å². The Morgan fingerprint density at radius 1 is 1.08 bits per heavy atom. The maximum atomic E-state index is 13.8. The van der Waals surface area contributed by atoms with E-state index in [4.69, 9.17) is 23.7 Å². The van der Waals surface area contributed by atoms with E-state index in [1.54, 1.807) is 59.4 Å². The summed E-state index contributed by atoms with van der Waals surface area (Å²) in [6.07, 6.45) is -0.144. The molecule has 270 valence electrons. The Hall–Kier alpha value is -2.61. The largest absolute Gasteiger partial charge is 0.461 e. The molecule has 5 saturated carbocycles. The fourth-order valence-electron chi connectivity index (χ4n) is 12.4. The molecule has 12 heteroatoms. The van der Waals surface area contributed by atoms with E-state index >= 15 is 0 Å². The maximum absolute atomic E-state index is 13.8. The molecule has 0 radical (unpaired) electrons. The molecule has 1 aromatic rings. The number of hydrogen-bond donors (Lipinski definition) is 3. The molecule has 0 aromatic heterocycles. The zero-order valence-electron chi connectivity index (χ0n) is 29.6. The van der Waals surface area contributed by atoms with Gasteiger partial charge in [0.15, 0.2) is 0 Å². The van der Waals surface area contributed by atoms with Crippen molar-refractivity contribution in [3.05, 3.63) is 29.8 Å². The van der Waals surface area contributed by atoms with E-state index in [1.807, 2.05) is 0 Å². The minimum absolute atomic E-state index is 0.0496. The molecule has 5 aliphatic carbocycles. The molecule has 3 unspecified atom stereocenters. The van der Waals surface area contributed by atoms with Crippen LogP contribution in [-0.4, -0.2) is 116 Å². The van der Waals surface area contributed by atoms with E-state index in [0.717, 1.165) is 0 Å². The molecule has 49 heavy (non-hydrogen) atoms. The molecule has 13 atom stereocenters. The second kappa shape index (κ2) is 12.0. The van der Waals surface area contributed by atoms with Crippen LogP contribution < -0.4 is 5.32 Å². The molecule has 1 heterocycles. The number of carbonyl (C=O) groups excluding carboxylic acids is 3. The second-order valence-electron chi connectivity index (χ2n) is 15.8. The summed E-state index contributed by atoms with van der Waals surface area (Å²) < 4.78 is 31.4. The fraction of sp³-hybridized carbons (Fsp3) is 0.757. The number of hydrogen-bond acceptors (Lipinski definition) is 11. The van der Waals surface area contributed by atoms with Crippen molar-refractivity contribution in [1.82, 2.24) is 4.90 Å². The van der Waals surface area contributed by atoms with Crippen LogP contribution in [0.1, 0.15) is 63.7 Å². The van der Waals surface area contributed by atoms with E-state index in [2.05, 4.69) is 17.1 Å². The first-order valence-corrected chi connectivity index (χ1v) is 17.8. The van der Waals surface area contributed by atoms with Crippen LogP contribution in [0.15, 0.2) is 24.3 Å². The smallest absolute Gasteiger partial charge is 0.340 e. The van der Waals surface area contributed by atoms with Gasteiger partial charge in [0.25, 0.3) is 0 Å². The van der Waals surface area contributed by atoms with E-state index < -0.39 is 58.3 Å². The lowest BCUT2D eigenvalue weighted by atomic mass is 9.42. The molecule has 1 saturated heterocycles. The third-order valence-electron chi connectivity index (χ3n) is 13.7. The van der Waals surface area contributed by atoms with Crippen LogP contribution in [0.2, 0.25) is 0 Å². The highest BCUT2D eigenvalue weighted by Gasteiger charge is 2.92. The molecule has 1 aromatic carbocycles. The third-order valence-corrected chi connectivity index (χ3v) is 13.7. The van der Waals surface area contributed by atoms with Gasteiger partial charge in [-0.05, 0) is 43.9 Å². The zero-order chi connectivity index (χ0) is 35.3. The van der Waals surface area contributed by atoms with E-state index in [-0.39, 0.29) is 60.2 Å². The molecule has 6 fully saturated rings. The van der Waals surface area contributed by atoms with E-state index in [1.165, 1.54) is 6.92 Å². The summed E-state index contributed by atoms with van der Waals surface area (Å²) in [6.45, 7) is 8.18. The number of nitrogens with one attached hydrogen (secondary N) is 1. The normalized spacial score (nSPS) is 44.5. The average molecular weight is 685 g/mol. The third kappa shape index (κ3) is 4.40. The van der Waals surface area contributed by atoms with Crippen LogP contribution in [-0.2, 0) is 33.3 Å². The summed E-state index contributed by atoms with van der Waals surface area (Å²) in [7, 11) is 4.92. The number of fused-ring (bicyclic) bond motifs is 2. The predicted octanol–water partition coefficient (Wildman–Crippen LogP) is 2.65. The van der Waals surface area contributed by atoms with Gasteiger partial charge in [-0.1, -0.05) is 32.9 Å². The lowest BCUT2D eigenvalue weighted by Crippen LogP contribution is -2.82. The SMILES string of the molecule is CCN1C[C@]2(COC(=O)c3ccccc3NC(C)=O)CC[C@H](OC)[C@@]34C5C[C@@H]6[C@@H](OC)C[C@@](O)(C5[C@H]6OC(=O)C(C)C)[C@](O)([C@@H](OC)C23)[C@@H]14. The van der Waals surface area contributed by atoms with Gasteiger partial charge in [-0.3, -0.25) is 14.5 Å². The van der Waals surface area contributed by atoms with E-state index in [0.29, 0.717) is 38.0 Å². The Balaban J connectivity index is 1.37. The van der Waals surface area contributed by atoms with Crippen molar-refractivity contribution in [2.75, 3.05) is 46.3 Å². The summed E-state index contributed by atoms with van der Waals surface area (Å²) in [6, 6.07) is 6.24. The number of aliphatic hydroxyl groups is 2. The number of amides is 1. The molecular formula is C37H52N2O10. The number of likely N-dealkylation sites (N-methyl/N-ethyl adjacent to an activating group) is 1. The van der Waals surface area contributed by atoms with Crippen LogP contribution in [0.5, 0.6) is 0 Å². The highest BCUT2D eigenvalue weighted by atomic mass is 16.6. The van der Waals surface area contributed by atoms with Crippen molar-refractivity contribution in [3.8, 4) is 0 Å². The molecule has 12 nitrogen and oxygen atoms in total. The van der Waals surface area contributed by atoms with Crippen molar-refractivity contribution >= 4 is 23.5 Å². The van der Waals surface area contributed by atoms with Gasteiger partial charge in [-0.15, -0.1) is 0 Å². The summed E-state index contributed by atoms with van der Waals surface area (Å²) in [5, 5.41) is 29.5. The minimum Gasteiger partial charge on any atom is -0.461 e. The number of benzene rings is 1. The average Bonchev–Trinajstić information content (AvgIpc) is 3.47. The molecular weight excluding hydrogens is 632 g/mol. The standard InChI is InChI=1S/C37H52N2O10/c1-8-39-17-34(18-48-32(42)21-11-9-10-12-24(21)38-20(4)40)14-13-26(46-6)36-23-15-22-25(45-5)16-35(43,27(23)28(22)49-31(41)19(2)3)37(44,33(36)39)30(47-7)29(34)36/h9-12,19,22-23,25-30,33,43-44H,8,13-18H2,1-7H3,(H,38,40)/t22-,23?,25+,26+,27?,28+,29?,30+,33+,34+,35-,36+,37+/m1/s1. The molecule has 3 N–H and O–H groups in total. The first-order valence-electron chi connectivity index (χ1n) is 17.8. The Kier molecular flexibility index (Phi) is 8.52. The first kappa shape index (κ1) is 34.8. The number of piperidine rings is 1. The molecule has 1 aliphatic heterocycles. The van der Waals surface area contributed by atoms with Gasteiger partial charge in [0.2, 0.25) is 5.91 Å². The first-order chi connectivity index (χ1) is 23.3. The molecule has 7 rings (SSSR count). The van der Waals surface area contributed by atoms with Crippen molar-refractivity contribution in [1.29, 1.82) is 0 Å².